The molecular weight excluding hydrogens is 288 g/mol. The van der Waals surface area contributed by atoms with Gasteiger partial charge in [0.1, 0.15) is 0 Å². The van der Waals surface area contributed by atoms with Crippen molar-refractivity contribution in [2.24, 2.45) is 0 Å². The number of aromatic nitrogens is 1. The second-order valence-electron chi connectivity index (χ2n) is 4.78. The molecule has 0 saturated carbocycles. The van der Waals surface area contributed by atoms with Crippen molar-refractivity contribution in [1.82, 2.24) is 9.88 Å². The second kappa shape index (κ2) is 5.09. The molecule has 1 aliphatic rings. The van der Waals surface area contributed by atoms with Crippen LogP contribution in [0.25, 0.3) is 0 Å². The normalized spacial score (nSPS) is 21.3. The number of hydrogen-bond acceptors (Lipinski definition) is 4. The lowest BCUT2D eigenvalue weighted by molar-refractivity contribution is 0.0747. The molecule has 19 heavy (non-hydrogen) atoms. The summed E-state index contributed by atoms with van der Waals surface area (Å²) in [7, 11) is -1.41. The molecule has 0 radical (unpaired) electrons. The maximum absolute atomic E-state index is 12.3. The van der Waals surface area contributed by atoms with Crippen molar-refractivity contribution >= 4 is 27.3 Å². The average Bonchev–Trinajstić information content (AvgIpc) is 2.68. The predicted octanol–water partition coefficient (Wildman–Crippen LogP) is 1.30. The van der Waals surface area contributed by atoms with Crippen molar-refractivity contribution < 1.29 is 13.2 Å². The van der Waals surface area contributed by atoms with E-state index in [4.69, 9.17) is 11.6 Å². The highest BCUT2D eigenvalue weighted by Crippen LogP contribution is 2.22. The van der Waals surface area contributed by atoms with Gasteiger partial charge in [0.2, 0.25) is 0 Å². The molecule has 2 heterocycles. The quantitative estimate of drug-likeness (QED) is 0.826. The first kappa shape index (κ1) is 14.3. The number of halogens is 1. The Kier molecular flexibility index (Phi) is 3.82. The Labute approximate surface area is 117 Å². The Morgan fingerprint density at radius 2 is 2.21 bits per heavy atom. The van der Waals surface area contributed by atoms with E-state index >= 15 is 0 Å². The van der Waals surface area contributed by atoms with Gasteiger partial charge in [0.15, 0.2) is 9.84 Å². The Morgan fingerprint density at radius 1 is 1.53 bits per heavy atom. The smallest absolute Gasteiger partial charge is 0.256 e. The number of pyridine rings is 1. The molecule has 104 valence electrons. The van der Waals surface area contributed by atoms with Crippen LogP contribution in [0.5, 0.6) is 0 Å². The van der Waals surface area contributed by atoms with Crippen molar-refractivity contribution in [3.8, 4) is 0 Å². The van der Waals surface area contributed by atoms with E-state index in [0.29, 0.717) is 17.0 Å². The van der Waals surface area contributed by atoms with Gasteiger partial charge in [-0.25, -0.2) is 8.42 Å². The van der Waals surface area contributed by atoms with Gasteiger partial charge in [-0.3, -0.25) is 9.78 Å². The summed E-state index contributed by atoms with van der Waals surface area (Å²) in [4.78, 5) is 17.8. The highest BCUT2D eigenvalue weighted by molar-refractivity contribution is 7.91. The van der Waals surface area contributed by atoms with Crippen molar-refractivity contribution in [2.75, 3.05) is 18.6 Å². The minimum absolute atomic E-state index is 0.0200. The Balaban J connectivity index is 2.20. The number of hydrogen-bond donors (Lipinski definition) is 0. The van der Waals surface area contributed by atoms with Gasteiger partial charge >= 0.3 is 0 Å². The molecule has 1 aliphatic heterocycles. The molecule has 5 nitrogen and oxygen atoms in total. The first-order valence-corrected chi connectivity index (χ1v) is 8.10. The number of nitrogens with zero attached hydrogens (tertiary/aromatic N) is 2. The third-order valence-corrected chi connectivity index (χ3v) is 5.36. The largest absolute Gasteiger partial charge is 0.338 e. The number of carbonyl (C=O) groups excluding carboxylic acids is 1. The molecule has 1 unspecified atom stereocenters. The van der Waals surface area contributed by atoms with Crippen LogP contribution in [0.1, 0.15) is 22.5 Å². The molecular formula is C12H15ClN2O3S. The average molecular weight is 303 g/mol. The SMILES string of the molecule is Cc1cc(Cl)c(C(=O)N(C)C2CCS(=O)(=O)C2)cn1. The minimum Gasteiger partial charge on any atom is -0.338 e. The molecule has 1 atom stereocenters. The third-order valence-electron chi connectivity index (χ3n) is 3.30. The number of carbonyl (C=O) groups is 1. The Bertz CT molecular complexity index is 615. The molecule has 0 N–H and O–H groups in total. The molecule has 2 rings (SSSR count). The standard InChI is InChI=1S/C12H15ClN2O3S/c1-8-5-11(13)10(6-14-8)12(16)15(2)9-3-4-19(17,18)7-9/h5-6,9H,3-4,7H2,1-2H3. The fraction of sp³-hybridized carbons (Fsp3) is 0.500. The lowest BCUT2D eigenvalue weighted by Crippen LogP contribution is -2.38. The number of amides is 1. The molecule has 1 amide bonds. The van der Waals surface area contributed by atoms with Crippen LogP contribution in [-0.2, 0) is 9.84 Å². The van der Waals surface area contributed by atoms with Crippen LogP contribution in [-0.4, -0.2) is 48.8 Å². The van der Waals surface area contributed by atoms with Gasteiger partial charge in [0, 0.05) is 25.0 Å². The summed E-state index contributed by atoms with van der Waals surface area (Å²) in [5.41, 5.74) is 1.03. The summed E-state index contributed by atoms with van der Waals surface area (Å²) in [6, 6.07) is 1.34. The summed E-state index contributed by atoms with van der Waals surface area (Å²) < 4.78 is 22.9. The van der Waals surface area contributed by atoms with E-state index in [1.54, 1.807) is 20.0 Å². The zero-order valence-electron chi connectivity index (χ0n) is 10.8. The topological polar surface area (TPSA) is 67.3 Å². The van der Waals surface area contributed by atoms with Crippen molar-refractivity contribution in [1.29, 1.82) is 0 Å². The van der Waals surface area contributed by atoms with Gasteiger partial charge in [-0.1, -0.05) is 11.6 Å². The van der Waals surface area contributed by atoms with Gasteiger partial charge < -0.3 is 4.90 Å². The summed E-state index contributed by atoms with van der Waals surface area (Å²) in [6.45, 7) is 1.79. The third kappa shape index (κ3) is 3.06. The van der Waals surface area contributed by atoms with Crippen LogP contribution in [0.4, 0.5) is 0 Å². The highest BCUT2D eigenvalue weighted by Gasteiger charge is 2.33. The monoisotopic (exact) mass is 302 g/mol. The fourth-order valence-corrected chi connectivity index (χ4v) is 4.18. The molecule has 7 heteroatoms. The second-order valence-corrected chi connectivity index (χ2v) is 7.41. The van der Waals surface area contributed by atoms with Crippen LogP contribution >= 0.6 is 11.6 Å². The molecule has 0 aliphatic carbocycles. The Hall–Kier alpha value is -1.14. The summed E-state index contributed by atoms with van der Waals surface area (Å²) >= 11 is 6.03. The van der Waals surface area contributed by atoms with E-state index in [0.717, 1.165) is 5.69 Å². The van der Waals surface area contributed by atoms with Crippen molar-refractivity contribution in [2.45, 2.75) is 19.4 Å². The molecule has 1 saturated heterocycles. The Morgan fingerprint density at radius 3 is 2.74 bits per heavy atom. The number of sulfone groups is 1. The predicted molar refractivity (Wildman–Crippen MR) is 73.1 cm³/mol. The first-order valence-electron chi connectivity index (χ1n) is 5.90. The zero-order valence-corrected chi connectivity index (χ0v) is 12.3. The van der Waals surface area contributed by atoms with Gasteiger partial charge in [-0.2, -0.15) is 0 Å². The molecule has 0 aromatic carbocycles. The summed E-state index contributed by atoms with van der Waals surface area (Å²) in [5.74, 6) is -0.138. The van der Waals surface area contributed by atoms with Crippen molar-refractivity contribution in [3.05, 3.63) is 28.5 Å². The molecule has 0 spiro atoms. The zero-order chi connectivity index (χ0) is 14.2. The molecule has 1 fully saturated rings. The molecule has 1 aromatic heterocycles. The maximum Gasteiger partial charge on any atom is 0.256 e. The number of rotatable bonds is 2. The van der Waals surface area contributed by atoms with E-state index in [1.165, 1.54) is 11.1 Å². The molecule has 1 aromatic rings. The van der Waals surface area contributed by atoms with E-state index in [2.05, 4.69) is 4.98 Å². The van der Waals surface area contributed by atoms with Gasteiger partial charge in [0.05, 0.1) is 22.1 Å². The maximum atomic E-state index is 12.3. The van der Waals surface area contributed by atoms with Crippen LogP contribution < -0.4 is 0 Å². The van der Waals surface area contributed by atoms with E-state index in [9.17, 15) is 13.2 Å². The minimum atomic E-state index is -3.02. The van der Waals surface area contributed by atoms with Gasteiger partial charge in [-0.15, -0.1) is 0 Å². The van der Waals surface area contributed by atoms with Crippen LogP contribution in [0, 0.1) is 6.92 Å². The van der Waals surface area contributed by atoms with Crippen molar-refractivity contribution in [3.63, 3.8) is 0 Å². The lowest BCUT2D eigenvalue weighted by atomic mass is 10.2. The van der Waals surface area contributed by atoms with Crippen LogP contribution in [0.2, 0.25) is 5.02 Å². The van der Waals surface area contributed by atoms with Gasteiger partial charge in [0.25, 0.3) is 5.91 Å². The van der Waals surface area contributed by atoms with E-state index in [-0.39, 0.29) is 23.5 Å². The van der Waals surface area contributed by atoms with Crippen LogP contribution in [0.15, 0.2) is 12.3 Å². The van der Waals surface area contributed by atoms with E-state index in [1.807, 2.05) is 0 Å². The van der Waals surface area contributed by atoms with Crippen LogP contribution in [0.3, 0.4) is 0 Å². The summed E-state index contributed by atoms with van der Waals surface area (Å²) in [6.07, 6.45) is 1.90. The van der Waals surface area contributed by atoms with E-state index < -0.39 is 9.84 Å². The highest BCUT2D eigenvalue weighted by atomic mass is 35.5. The molecule has 0 bridgehead atoms. The summed E-state index contributed by atoms with van der Waals surface area (Å²) in [5, 5.41) is 0.338. The lowest BCUT2D eigenvalue weighted by Gasteiger charge is -2.23. The fourth-order valence-electron chi connectivity index (χ4n) is 2.12. The number of aryl methyl sites for hydroxylation is 1. The first-order chi connectivity index (χ1) is 8.80. The van der Waals surface area contributed by atoms with Gasteiger partial charge in [-0.05, 0) is 19.4 Å².